The Kier molecular flexibility index (Phi) is 7.51. The lowest BCUT2D eigenvalue weighted by Gasteiger charge is -2.19. The highest BCUT2D eigenvalue weighted by Gasteiger charge is 2.30. The summed E-state index contributed by atoms with van der Waals surface area (Å²) in [5, 5.41) is 3.02. The molecule has 1 heterocycles. The van der Waals surface area contributed by atoms with Crippen molar-refractivity contribution >= 4 is 28.5 Å². The highest BCUT2D eigenvalue weighted by molar-refractivity contribution is 14.1. The third-order valence-electron chi connectivity index (χ3n) is 6.12. The van der Waals surface area contributed by atoms with Gasteiger partial charge < -0.3 is 29.0 Å². The van der Waals surface area contributed by atoms with Gasteiger partial charge in [-0.3, -0.25) is 9.59 Å². The summed E-state index contributed by atoms with van der Waals surface area (Å²) in [7, 11) is 4.72. The number of nitrogens with one attached hydrogen (secondary N) is 1. The number of carbonyl (C=O) groups excluding carboxylic acids is 1. The summed E-state index contributed by atoms with van der Waals surface area (Å²) < 4.78 is 29.2. The van der Waals surface area contributed by atoms with Gasteiger partial charge in [-0.2, -0.15) is 0 Å². The molecule has 0 spiro atoms. The zero-order valence-corrected chi connectivity index (χ0v) is 21.8. The molecule has 0 unspecified atom stereocenters. The summed E-state index contributed by atoms with van der Waals surface area (Å²) in [6, 6.07) is 5.08. The van der Waals surface area contributed by atoms with Crippen LogP contribution in [0.15, 0.2) is 23.0 Å². The second-order valence-corrected chi connectivity index (χ2v) is 9.44. The van der Waals surface area contributed by atoms with Crippen molar-refractivity contribution in [3.05, 3.63) is 43.1 Å². The monoisotopic (exact) mass is 581 g/mol. The van der Waals surface area contributed by atoms with E-state index in [9.17, 15) is 9.59 Å². The molecule has 1 N–H and O–H groups in total. The number of carbonyl (C=O) groups is 1. The summed E-state index contributed by atoms with van der Waals surface area (Å²) in [5.74, 6) is 1.66. The Balaban J connectivity index is 2.01. The zero-order chi connectivity index (χ0) is 24.4. The first-order chi connectivity index (χ1) is 16.4. The van der Waals surface area contributed by atoms with Gasteiger partial charge in [0.1, 0.15) is 6.10 Å². The van der Waals surface area contributed by atoms with Gasteiger partial charge in [-0.15, -0.1) is 0 Å². The first-order valence-corrected chi connectivity index (χ1v) is 12.2. The Bertz CT molecular complexity index is 1160. The normalized spacial score (nSPS) is 18.9. The highest BCUT2D eigenvalue weighted by Crippen LogP contribution is 2.50. The number of halogens is 1. The summed E-state index contributed by atoms with van der Waals surface area (Å²) in [6.45, 7) is 2.54. The van der Waals surface area contributed by atoms with Crippen LogP contribution < -0.4 is 29.7 Å². The number of ether oxygens (including phenoxy) is 5. The molecule has 0 saturated carbocycles. The van der Waals surface area contributed by atoms with Crippen LogP contribution in [-0.2, 0) is 16.0 Å². The van der Waals surface area contributed by atoms with Crippen LogP contribution in [0.1, 0.15) is 36.9 Å². The minimum atomic E-state index is -0.361. The van der Waals surface area contributed by atoms with Gasteiger partial charge in [0.2, 0.25) is 17.1 Å². The zero-order valence-electron chi connectivity index (χ0n) is 19.7. The molecular formula is C25H28INO7. The molecule has 2 aromatic carbocycles. The predicted octanol–water partition coefficient (Wildman–Crippen LogP) is 3.64. The van der Waals surface area contributed by atoms with Gasteiger partial charge in [0.15, 0.2) is 17.2 Å². The van der Waals surface area contributed by atoms with E-state index in [0.29, 0.717) is 52.4 Å². The van der Waals surface area contributed by atoms with E-state index in [1.165, 1.54) is 6.92 Å². The minimum Gasteiger partial charge on any atom is -0.493 e. The van der Waals surface area contributed by atoms with Gasteiger partial charge in [0.25, 0.3) is 0 Å². The molecule has 2 atom stereocenters. The number of methoxy groups -OCH3 is 3. The highest BCUT2D eigenvalue weighted by atomic mass is 127. The molecule has 1 aliphatic carbocycles. The Morgan fingerprint density at radius 3 is 2.44 bits per heavy atom. The van der Waals surface area contributed by atoms with Crippen molar-refractivity contribution in [3.8, 4) is 34.1 Å². The van der Waals surface area contributed by atoms with Crippen LogP contribution >= 0.6 is 22.6 Å². The van der Waals surface area contributed by atoms with Crippen LogP contribution in [-0.4, -0.2) is 46.6 Å². The minimum absolute atomic E-state index is 0.166. The van der Waals surface area contributed by atoms with Gasteiger partial charge in [-0.25, -0.2) is 0 Å². The van der Waals surface area contributed by atoms with Gasteiger partial charge in [-0.05, 0) is 70.3 Å². The Hall–Kier alpha value is -2.53. The second-order valence-electron chi connectivity index (χ2n) is 8.27. The molecule has 1 aliphatic heterocycles. The van der Waals surface area contributed by atoms with Crippen LogP contribution in [0.5, 0.6) is 23.0 Å². The fourth-order valence-electron chi connectivity index (χ4n) is 4.62. The summed E-state index contributed by atoms with van der Waals surface area (Å²) in [4.78, 5) is 25.4. The fourth-order valence-corrected chi connectivity index (χ4v) is 5.32. The van der Waals surface area contributed by atoms with Crippen molar-refractivity contribution in [2.24, 2.45) is 0 Å². The number of fused-ring (bicyclic) bond motifs is 3. The van der Waals surface area contributed by atoms with Crippen molar-refractivity contribution < 1.29 is 28.5 Å². The van der Waals surface area contributed by atoms with E-state index < -0.39 is 0 Å². The largest absolute Gasteiger partial charge is 0.493 e. The van der Waals surface area contributed by atoms with Gasteiger partial charge >= 0.3 is 0 Å². The van der Waals surface area contributed by atoms with E-state index in [0.717, 1.165) is 23.1 Å². The maximum atomic E-state index is 13.4. The number of benzene rings is 1. The molecule has 4 rings (SSSR count). The summed E-state index contributed by atoms with van der Waals surface area (Å²) in [5.41, 5.74) is 3.04. The molecule has 182 valence electrons. The molecule has 2 aliphatic rings. The van der Waals surface area contributed by atoms with Crippen LogP contribution in [0, 0.1) is 3.57 Å². The van der Waals surface area contributed by atoms with Crippen molar-refractivity contribution in [1.82, 2.24) is 5.32 Å². The van der Waals surface area contributed by atoms with Crippen LogP contribution in [0.25, 0.3) is 11.1 Å². The number of amides is 1. The van der Waals surface area contributed by atoms with E-state index in [1.807, 2.05) is 12.1 Å². The lowest BCUT2D eigenvalue weighted by atomic mass is 9.95. The smallest absolute Gasteiger partial charge is 0.221 e. The van der Waals surface area contributed by atoms with E-state index in [-0.39, 0.29) is 29.2 Å². The molecule has 8 nitrogen and oxygen atoms in total. The molecule has 9 heteroatoms. The van der Waals surface area contributed by atoms with Crippen molar-refractivity contribution in [1.29, 1.82) is 0 Å². The molecule has 2 aromatic rings. The molecule has 34 heavy (non-hydrogen) atoms. The topological polar surface area (TPSA) is 92.3 Å². The standard InChI is InChI=1S/C25H28INO7/c1-13(28)27-19-6-5-14-9-21(30-2)24(31-3)25(32-4)22(14)17-10-18(26)23(20(29)11-16(17)19)34-15-7-8-33-12-15/h9-11,15,19H,5-8,12H2,1-4H3,(H,27,28)/t15-,19-/m0/s1. The lowest BCUT2D eigenvalue weighted by molar-refractivity contribution is -0.119. The van der Waals surface area contributed by atoms with Crippen molar-refractivity contribution in [3.63, 3.8) is 0 Å². The number of hydrogen-bond acceptors (Lipinski definition) is 7. The maximum absolute atomic E-state index is 13.4. The Morgan fingerprint density at radius 2 is 1.82 bits per heavy atom. The first-order valence-electron chi connectivity index (χ1n) is 11.1. The molecule has 1 fully saturated rings. The average molecular weight is 581 g/mol. The van der Waals surface area contributed by atoms with E-state index in [4.69, 9.17) is 23.7 Å². The van der Waals surface area contributed by atoms with Gasteiger partial charge in [-0.1, -0.05) is 0 Å². The second kappa shape index (κ2) is 10.4. The first kappa shape index (κ1) is 24.6. The van der Waals surface area contributed by atoms with E-state index >= 15 is 0 Å². The van der Waals surface area contributed by atoms with Crippen LogP contribution in [0.2, 0.25) is 0 Å². The van der Waals surface area contributed by atoms with Crippen LogP contribution in [0.3, 0.4) is 0 Å². The molecule has 0 bridgehead atoms. The van der Waals surface area contributed by atoms with Gasteiger partial charge in [0.05, 0.1) is 44.2 Å². The Labute approximate surface area is 212 Å². The third kappa shape index (κ3) is 4.68. The molecule has 1 saturated heterocycles. The average Bonchev–Trinajstić information content (AvgIpc) is 3.25. The van der Waals surface area contributed by atoms with E-state index in [2.05, 4.69) is 27.9 Å². The van der Waals surface area contributed by atoms with E-state index in [1.54, 1.807) is 27.4 Å². The van der Waals surface area contributed by atoms with Gasteiger partial charge in [0, 0.05) is 18.9 Å². The quantitative estimate of drug-likeness (QED) is 0.521. The number of rotatable bonds is 6. The summed E-state index contributed by atoms with van der Waals surface area (Å²) in [6.07, 6.45) is 1.81. The summed E-state index contributed by atoms with van der Waals surface area (Å²) >= 11 is 2.13. The maximum Gasteiger partial charge on any atom is 0.221 e. The lowest BCUT2D eigenvalue weighted by Crippen LogP contribution is -2.26. The van der Waals surface area contributed by atoms with Crippen molar-refractivity contribution in [2.75, 3.05) is 34.5 Å². The molecule has 0 radical (unpaired) electrons. The molecule has 1 amide bonds. The number of aryl methyl sites for hydroxylation is 1. The van der Waals surface area contributed by atoms with Crippen LogP contribution in [0.4, 0.5) is 0 Å². The Morgan fingerprint density at radius 1 is 1.06 bits per heavy atom. The fraction of sp³-hybridized carbons (Fsp3) is 0.440. The third-order valence-corrected chi connectivity index (χ3v) is 6.92. The predicted molar refractivity (Wildman–Crippen MR) is 135 cm³/mol. The number of hydrogen-bond donors (Lipinski definition) is 1. The SMILES string of the molecule is COc1cc2c(c(OC)c1OC)-c1cc(I)c(O[C@H]3CCOC3)c(=O)cc1[C@@H](NC(C)=O)CC2. The molecular weight excluding hydrogens is 553 g/mol. The molecule has 0 aromatic heterocycles. The van der Waals surface area contributed by atoms with Crippen molar-refractivity contribution in [2.45, 2.75) is 38.3 Å².